The summed E-state index contributed by atoms with van der Waals surface area (Å²) in [7, 11) is 0. The molecule has 0 spiro atoms. The maximum atomic E-state index is 15.2. The van der Waals surface area contributed by atoms with Crippen LogP contribution in [0.15, 0.2) is 110 Å². The number of halogens is 2. The predicted molar refractivity (Wildman–Crippen MR) is 232 cm³/mol. The molecule has 6 heterocycles. The highest BCUT2D eigenvalue weighted by atomic mass is 19.1. The van der Waals surface area contributed by atoms with E-state index in [9.17, 15) is 14.7 Å². The first-order valence-corrected chi connectivity index (χ1v) is 20.3. The third-order valence-electron chi connectivity index (χ3n) is 11.7. The summed E-state index contributed by atoms with van der Waals surface area (Å²) in [6.45, 7) is 15.0. The van der Waals surface area contributed by atoms with Crippen LogP contribution in [0.1, 0.15) is 106 Å². The highest BCUT2D eigenvalue weighted by Gasteiger charge is 2.54. The van der Waals surface area contributed by atoms with Gasteiger partial charge in [-0.3, -0.25) is 9.59 Å². The number of alkyl halides is 2. The zero-order valence-corrected chi connectivity index (χ0v) is 34.6. The third-order valence-corrected chi connectivity index (χ3v) is 11.7. The number of ether oxygens (including phenoxy) is 2. The van der Waals surface area contributed by atoms with Crippen molar-refractivity contribution < 1.29 is 33.0 Å². The molecule has 3 N–H and O–H groups in total. The monoisotopic (exact) mass is 838 g/mol. The molecule has 0 bridgehead atoms. The Morgan fingerprint density at radius 2 is 1.18 bits per heavy atom. The number of carbonyl (C=O) groups excluding carboxylic acids is 2. The number of aliphatic hydroxyl groups is 1. The average molecular weight is 839 g/mol. The average Bonchev–Trinajstić information content (AvgIpc) is 4.05. The van der Waals surface area contributed by atoms with Crippen LogP contribution in [0.4, 0.5) is 20.4 Å². The second kappa shape index (κ2) is 19.7. The van der Waals surface area contributed by atoms with Crippen molar-refractivity contribution in [1.29, 1.82) is 0 Å². The molecule has 13 nitrogen and oxygen atoms in total. The molecule has 15 heteroatoms. The summed E-state index contributed by atoms with van der Waals surface area (Å²) in [5.41, 5.74) is 1.58. The van der Waals surface area contributed by atoms with Gasteiger partial charge in [-0.1, -0.05) is 91.4 Å². The molecule has 2 aromatic carbocycles. The number of rotatable bonds is 10. The molecule has 2 amide bonds. The number of nitrogens with zero attached hydrogens (tertiary/aromatic N) is 6. The van der Waals surface area contributed by atoms with Crippen molar-refractivity contribution in [3.63, 3.8) is 0 Å². The second-order valence-electron chi connectivity index (χ2n) is 14.6. The molecule has 0 unspecified atom stereocenters. The predicted octanol–water partition coefficient (Wildman–Crippen LogP) is 9.19. The van der Waals surface area contributed by atoms with E-state index >= 15 is 8.78 Å². The summed E-state index contributed by atoms with van der Waals surface area (Å²) < 4.78 is 45.6. The van der Waals surface area contributed by atoms with Crippen LogP contribution in [0.25, 0.3) is 11.0 Å². The van der Waals surface area contributed by atoms with Gasteiger partial charge in [0, 0.05) is 23.0 Å². The van der Waals surface area contributed by atoms with Crippen molar-refractivity contribution in [2.24, 2.45) is 11.8 Å². The fraction of sp³-hybridized carbons (Fsp3) is 0.391. The van der Waals surface area contributed by atoms with Crippen LogP contribution in [-0.2, 0) is 9.47 Å². The van der Waals surface area contributed by atoms with Crippen molar-refractivity contribution >= 4 is 34.5 Å². The Morgan fingerprint density at radius 3 is 1.56 bits per heavy atom. The molecule has 0 saturated carbocycles. The minimum absolute atomic E-state index is 0. The number of hydrogen-bond donors (Lipinski definition) is 3. The number of anilines is 2. The smallest absolute Gasteiger partial charge is 0.256 e. The first-order valence-electron chi connectivity index (χ1n) is 20.3. The molecule has 4 aromatic heterocycles. The maximum absolute atomic E-state index is 15.2. The third kappa shape index (κ3) is 8.68. The summed E-state index contributed by atoms with van der Waals surface area (Å²) >= 11 is 0. The molecule has 0 aliphatic carbocycles. The van der Waals surface area contributed by atoms with E-state index in [1.165, 1.54) is 17.2 Å². The minimum atomic E-state index is -1.29. The van der Waals surface area contributed by atoms with Crippen LogP contribution in [0.2, 0.25) is 0 Å². The lowest BCUT2D eigenvalue weighted by atomic mass is 9.85. The van der Waals surface area contributed by atoms with Crippen LogP contribution in [0.5, 0.6) is 0 Å². The Balaban J connectivity index is 0.000000219. The van der Waals surface area contributed by atoms with Gasteiger partial charge in [0.2, 0.25) is 0 Å². The van der Waals surface area contributed by atoms with Gasteiger partial charge in [-0.25, -0.2) is 27.8 Å². The Hall–Kier alpha value is -5.90. The van der Waals surface area contributed by atoms with E-state index in [-0.39, 0.29) is 31.8 Å². The largest absolute Gasteiger partial charge is 0.393 e. The molecule has 2 saturated heterocycles. The fourth-order valence-corrected chi connectivity index (χ4v) is 7.92. The van der Waals surface area contributed by atoms with E-state index in [1.54, 1.807) is 90.3 Å². The normalized spacial score (nSPS) is 25.4. The highest BCUT2D eigenvalue weighted by Crippen LogP contribution is 2.49. The van der Waals surface area contributed by atoms with E-state index in [0.717, 1.165) is 0 Å². The lowest BCUT2D eigenvalue weighted by Gasteiger charge is -2.29. The van der Waals surface area contributed by atoms with E-state index < -0.39 is 41.7 Å². The standard InChI is InChI=1S/C22H23FN4O2.C21H23FN4O3.C2H6.CH4/c1-4-22(5-2)14(3)18(23)19(29-22)16-11-12-17-20(24-13-25-27(16)17)26-21(28)15-9-7-6-8-10-15;1-3-21(11-27)13(2)17(22)18(29-21)15-9-10-16-19(23-12-24-26(15)16)25-20(28)14-7-5-4-6-8-14;1-2;/h4,6-14,18-19H,1,5H2,2-3H3,(H,24,25,26,28);4-10,12-13,17-18,27H,3,11H2,1-2H3,(H,23,24,25,28);1-2H3;1H4/t14-,18+,19-,22+;13-,17+,18-,21-;;/m00../s1. The molecule has 61 heavy (non-hydrogen) atoms. The molecule has 2 aliphatic heterocycles. The number of amides is 2. The molecular weight excluding hydrogens is 783 g/mol. The van der Waals surface area contributed by atoms with E-state index in [4.69, 9.17) is 9.47 Å². The molecule has 8 atom stereocenters. The van der Waals surface area contributed by atoms with Gasteiger partial charge in [0.05, 0.1) is 29.2 Å². The molecule has 8 rings (SSSR count). The Morgan fingerprint density at radius 1 is 0.738 bits per heavy atom. The van der Waals surface area contributed by atoms with Crippen molar-refractivity contribution in [3.8, 4) is 0 Å². The second-order valence-corrected chi connectivity index (χ2v) is 14.6. The number of aromatic nitrogens is 6. The quantitative estimate of drug-likeness (QED) is 0.115. The van der Waals surface area contributed by atoms with Crippen molar-refractivity contribution in [2.75, 3.05) is 17.2 Å². The number of carbonyl (C=O) groups is 2. The van der Waals surface area contributed by atoms with Crippen LogP contribution in [-0.4, -0.2) is 76.3 Å². The molecular formula is C46H56F2N8O5. The lowest BCUT2D eigenvalue weighted by molar-refractivity contribution is -0.0936. The van der Waals surface area contributed by atoms with Gasteiger partial charge in [0.15, 0.2) is 11.6 Å². The number of nitrogens with one attached hydrogen (secondary N) is 2. The van der Waals surface area contributed by atoms with Crippen molar-refractivity contribution in [2.45, 2.75) is 97.6 Å². The first-order chi connectivity index (χ1) is 29.0. The van der Waals surface area contributed by atoms with E-state index in [1.807, 2.05) is 46.8 Å². The Labute approximate surface area is 355 Å². The highest BCUT2D eigenvalue weighted by molar-refractivity contribution is 6.06. The van der Waals surface area contributed by atoms with Crippen molar-refractivity contribution in [1.82, 2.24) is 29.2 Å². The summed E-state index contributed by atoms with van der Waals surface area (Å²) in [5, 5.41) is 23.9. The maximum Gasteiger partial charge on any atom is 0.256 e. The summed E-state index contributed by atoms with van der Waals surface area (Å²) in [4.78, 5) is 33.3. The van der Waals surface area contributed by atoms with Gasteiger partial charge in [0.1, 0.15) is 48.2 Å². The Bertz CT molecular complexity index is 2410. The molecule has 2 aliphatic rings. The summed E-state index contributed by atoms with van der Waals surface area (Å²) in [6.07, 6.45) is 1.32. The minimum Gasteiger partial charge on any atom is -0.393 e. The number of hydrogen-bond acceptors (Lipinski definition) is 9. The zero-order chi connectivity index (χ0) is 43.2. The molecule has 6 aromatic rings. The van der Waals surface area contributed by atoms with Crippen molar-refractivity contribution in [3.05, 3.63) is 133 Å². The molecule has 0 radical (unpaired) electrons. The van der Waals surface area contributed by atoms with Crippen LogP contribution >= 0.6 is 0 Å². The van der Waals surface area contributed by atoms with Gasteiger partial charge in [0.25, 0.3) is 11.8 Å². The number of aliphatic hydroxyl groups excluding tert-OH is 1. The van der Waals surface area contributed by atoms with Gasteiger partial charge in [-0.15, -0.1) is 6.58 Å². The van der Waals surface area contributed by atoms with Crippen LogP contribution in [0, 0.1) is 11.8 Å². The topological polar surface area (TPSA) is 157 Å². The van der Waals surface area contributed by atoms with Crippen LogP contribution < -0.4 is 10.6 Å². The summed E-state index contributed by atoms with van der Waals surface area (Å²) in [5.74, 6) is -0.697. The first kappa shape index (κ1) is 46.2. The molecule has 324 valence electrons. The number of benzene rings is 2. The summed E-state index contributed by atoms with van der Waals surface area (Å²) in [6, 6.07) is 24.6. The van der Waals surface area contributed by atoms with Crippen LogP contribution in [0.3, 0.4) is 0 Å². The van der Waals surface area contributed by atoms with Gasteiger partial charge in [-0.2, -0.15) is 10.2 Å². The Kier molecular flexibility index (Phi) is 14.9. The number of fused-ring (bicyclic) bond motifs is 2. The van der Waals surface area contributed by atoms with E-state index in [0.29, 0.717) is 58.0 Å². The fourth-order valence-electron chi connectivity index (χ4n) is 7.92. The van der Waals surface area contributed by atoms with Gasteiger partial charge < -0.3 is 25.2 Å². The molecule has 2 fully saturated rings. The SMILES string of the molecule is C.C=C[C@]1(CC)O[C@@H](c2ccc3c(NC(=O)c4ccccc4)ncnn23)[C@H](F)[C@@H]1C.CC.CC[C@@]1(CO)O[C@@H](c2ccc3c(NC(=O)c4ccccc4)ncnn23)[C@H](F)[C@@H]1C. The van der Waals surface area contributed by atoms with Gasteiger partial charge >= 0.3 is 0 Å². The zero-order valence-electron chi connectivity index (χ0n) is 34.6. The van der Waals surface area contributed by atoms with E-state index in [2.05, 4.69) is 37.4 Å². The van der Waals surface area contributed by atoms with Gasteiger partial charge in [-0.05, 0) is 61.4 Å². The lowest BCUT2D eigenvalue weighted by Crippen LogP contribution is -2.39.